The van der Waals surface area contributed by atoms with E-state index >= 15 is 0 Å². The van der Waals surface area contributed by atoms with Crippen molar-refractivity contribution in [3.05, 3.63) is 29.6 Å². The lowest BCUT2D eigenvalue weighted by Gasteiger charge is -2.15. The van der Waals surface area contributed by atoms with Crippen LogP contribution in [0.3, 0.4) is 0 Å². The maximum absolute atomic E-state index is 13.9. The van der Waals surface area contributed by atoms with Crippen LogP contribution in [0.2, 0.25) is 0 Å². The van der Waals surface area contributed by atoms with Crippen LogP contribution in [-0.4, -0.2) is 56.9 Å². The molecule has 0 aliphatic rings. The highest BCUT2D eigenvalue weighted by Crippen LogP contribution is 2.19. The van der Waals surface area contributed by atoms with Crippen molar-refractivity contribution in [2.45, 2.75) is 37.8 Å². The molecule has 0 aliphatic carbocycles. The summed E-state index contributed by atoms with van der Waals surface area (Å²) in [7, 11) is -1.33. The van der Waals surface area contributed by atoms with E-state index < -0.39 is 45.4 Å². The van der Waals surface area contributed by atoms with Crippen molar-refractivity contribution < 1.29 is 31.9 Å². The number of ether oxygens (including phenoxy) is 1. The number of carbonyl (C=O) groups is 3. The number of hydrogen-bond donors (Lipinski definition) is 2. The van der Waals surface area contributed by atoms with E-state index in [2.05, 4.69) is 5.32 Å². The Bertz CT molecular complexity index is 839. The Labute approximate surface area is 156 Å². The van der Waals surface area contributed by atoms with Crippen LogP contribution in [0.15, 0.2) is 23.1 Å². The minimum atomic E-state index is -3.90. The van der Waals surface area contributed by atoms with Crippen LogP contribution in [0, 0.1) is 5.82 Å². The normalized spacial score (nSPS) is 12.6. The summed E-state index contributed by atoms with van der Waals surface area (Å²) < 4.78 is 43.9. The maximum Gasteiger partial charge on any atom is 0.341 e. The number of nitrogens with zero attached hydrogens (tertiary/aromatic N) is 1. The van der Waals surface area contributed by atoms with Crippen molar-refractivity contribution in [2.24, 2.45) is 0 Å². The molecule has 0 unspecified atom stereocenters. The number of hydrogen-bond acceptors (Lipinski definition) is 6. The number of imide groups is 1. The van der Waals surface area contributed by atoms with Crippen LogP contribution in [0.5, 0.6) is 0 Å². The van der Waals surface area contributed by atoms with Crippen molar-refractivity contribution in [2.75, 3.05) is 14.1 Å². The van der Waals surface area contributed by atoms with Gasteiger partial charge in [-0.1, -0.05) is 0 Å². The molecule has 0 heterocycles. The van der Waals surface area contributed by atoms with E-state index in [9.17, 15) is 27.2 Å². The third-order valence-electron chi connectivity index (χ3n) is 3.25. The molecule has 0 spiro atoms. The minimum Gasteiger partial charge on any atom is -0.449 e. The highest BCUT2D eigenvalue weighted by atomic mass is 32.2. The molecule has 1 atom stereocenters. The summed E-state index contributed by atoms with van der Waals surface area (Å²) >= 11 is 0. The molecular weight excluding hydrogens is 381 g/mol. The number of sulfonamides is 1. The fourth-order valence-corrected chi connectivity index (χ4v) is 2.75. The highest BCUT2D eigenvalue weighted by molar-refractivity contribution is 7.89. The Morgan fingerprint density at radius 2 is 1.74 bits per heavy atom. The van der Waals surface area contributed by atoms with Gasteiger partial charge in [0.25, 0.3) is 5.91 Å². The quantitative estimate of drug-likeness (QED) is 0.679. The summed E-state index contributed by atoms with van der Waals surface area (Å²) in [5, 5.41) is 4.39. The second-order valence-electron chi connectivity index (χ2n) is 6.09. The molecule has 27 heavy (non-hydrogen) atoms. The molecule has 11 heteroatoms. The largest absolute Gasteiger partial charge is 0.449 e. The van der Waals surface area contributed by atoms with Crippen molar-refractivity contribution in [1.82, 2.24) is 14.9 Å². The molecule has 0 aliphatic heterocycles. The Balaban J connectivity index is 2.94. The zero-order chi connectivity index (χ0) is 20.9. The molecular formula is C16H22FN3O6S. The lowest BCUT2D eigenvalue weighted by molar-refractivity contribution is -0.127. The fraction of sp³-hybridized carbons (Fsp3) is 0.438. The van der Waals surface area contributed by atoms with Gasteiger partial charge in [0, 0.05) is 20.1 Å². The monoisotopic (exact) mass is 403 g/mol. The summed E-state index contributed by atoms with van der Waals surface area (Å²) in [5.74, 6) is -3.17. The molecule has 150 valence electrons. The number of nitrogens with one attached hydrogen (secondary N) is 2. The first-order chi connectivity index (χ1) is 12.4. The van der Waals surface area contributed by atoms with Crippen LogP contribution in [0.1, 0.15) is 31.1 Å². The van der Waals surface area contributed by atoms with E-state index in [0.717, 1.165) is 22.5 Å². The second-order valence-corrected chi connectivity index (χ2v) is 8.25. The Hall–Kier alpha value is -2.53. The third kappa shape index (κ3) is 6.00. The molecule has 1 aromatic carbocycles. The van der Waals surface area contributed by atoms with Gasteiger partial charge >= 0.3 is 12.0 Å². The van der Waals surface area contributed by atoms with E-state index in [1.807, 2.05) is 5.32 Å². The molecule has 9 nitrogen and oxygen atoms in total. The average Bonchev–Trinajstić information content (AvgIpc) is 2.53. The van der Waals surface area contributed by atoms with Crippen molar-refractivity contribution in [1.29, 1.82) is 0 Å². The minimum absolute atomic E-state index is 0.217. The predicted octanol–water partition coefficient (Wildman–Crippen LogP) is 0.855. The van der Waals surface area contributed by atoms with Crippen molar-refractivity contribution in [3.8, 4) is 0 Å². The Morgan fingerprint density at radius 1 is 1.15 bits per heavy atom. The molecule has 0 aromatic heterocycles. The van der Waals surface area contributed by atoms with Gasteiger partial charge in [0.15, 0.2) is 6.10 Å². The number of benzene rings is 1. The number of amides is 3. The van der Waals surface area contributed by atoms with Gasteiger partial charge in [0.05, 0.1) is 10.5 Å². The molecule has 0 saturated heterocycles. The lowest BCUT2D eigenvalue weighted by atomic mass is 10.2. The molecule has 1 aromatic rings. The van der Waals surface area contributed by atoms with E-state index in [-0.39, 0.29) is 10.9 Å². The first-order valence-electron chi connectivity index (χ1n) is 7.90. The summed E-state index contributed by atoms with van der Waals surface area (Å²) in [6.07, 6.45) is -1.41. The number of esters is 1. The van der Waals surface area contributed by atoms with E-state index in [1.165, 1.54) is 21.0 Å². The van der Waals surface area contributed by atoms with Crippen molar-refractivity contribution in [3.63, 3.8) is 0 Å². The number of halogens is 1. The van der Waals surface area contributed by atoms with Gasteiger partial charge in [-0.05, 0) is 39.0 Å². The summed E-state index contributed by atoms with van der Waals surface area (Å²) in [4.78, 5) is 35.2. The molecule has 0 fully saturated rings. The zero-order valence-electron chi connectivity index (χ0n) is 15.6. The molecule has 0 bridgehead atoms. The van der Waals surface area contributed by atoms with Crippen LogP contribution in [0.25, 0.3) is 0 Å². The summed E-state index contributed by atoms with van der Waals surface area (Å²) in [6.45, 7) is 4.56. The van der Waals surface area contributed by atoms with Gasteiger partial charge in [-0.15, -0.1) is 0 Å². The highest BCUT2D eigenvalue weighted by Gasteiger charge is 2.25. The third-order valence-corrected chi connectivity index (χ3v) is 5.06. The van der Waals surface area contributed by atoms with E-state index in [4.69, 9.17) is 4.74 Å². The van der Waals surface area contributed by atoms with Gasteiger partial charge in [-0.3, -0.25) is 10.1 Å². The van der Waals surface area contributed by atoms with Crippen LogP contribution in [-0.2, 0) is 19.6 Å². The smallest absolute Gasteiger partial charge is 0.341 e. The number of urea groups is 1. The van der Waals surface area contributed by atoms with E-state index in [0.29, 0.717) is 0 Å². The number of carbonyl (C=O) groups excluding carboxylic acids is 3. The van der Waals surface area contributed by atoms with Crippen molar-refractivity contribution >= 4 is 27.9 Å². The van der Waals surface area contributed by atoms with Gasteiger partial charge < -0.3 is 10.1 Å². The van der Waals surface area contributed by atoms with Gasteiger partial charge in [-0.25, -0.2) is 26.7 Å². The topological polar surface area (TPSA) is 122 Å². The zero-order valence-corrected chi connectivity index (χ0v) is 16.4. The fourth-order valence-electron chi connectivity index (χ4n) is 1.82. The predicted molar refractivity (Wildman–Crippen MR) is 94.0 cm³/mol. The van der Waals surface area contributed by atoms with Crippen LogP contribution in [0.4, 0.5) is 9.18 Å². The lowest BCUT2D eigenvalue weighted by Crippen LogP contribution is -2.46. The first kappa shape index (κ1) is 22.5. The summed E-state index contributed by atoms with van der Waals surface area (Å²) in [5.41, 5.74) is -0.649. The molecule has 1 rings (SSSR count). The maximum atomic E-state index is 13.9. The average molecular weight is 403 g/mol. The SMILES string of the molecule is CC(C)NC(=O)NC(=O)[C@@H](C)OC(=O)c1cc(S(=O)(=O)N(C)C)ccc1F. The Kier molecular flexibility index (Phi) is 7.43. The second kappa shape index (κ2) is 8.91. The molecule has 0 radical (unpaired) electrons. The molecule has 3 amide bonds. The van der Waals surface area contributed by atoms with Gasteiger partial charge in [0.2, 0.25) is 10.0 Å². The van der Waals surface area contributed by atoms with Crippen LogP contribution < -0.4 is 10.6 Å². The number of rotatable bonds is 6. The van der Waals surface area contributed by atoms with Gasteiger partial charge in [-0.2, -0.15) is 0 Å². The Morgan fingerprint density at radius 3 is 2.26 bits per heavy atom. The molecule has 0 saturated carbocycles. The van der Waals surface area contributed by atoms with Crippen LogP contribution >= 0.6 is 0 Å². The summed E-state index contributed by atoms with van der Waals surface area (Å²) in [6, 6.07) is 1.65. The molecule has 2 N–H and O–H groups in total. The first-order valence-corrected chi connectivity index (χ1v) is 9.34. The standard InChI is InChI=1S/C16H22FN3O6S/c1-9(2)18-16(23)19-14(21)10(3)26-15(22)12-8-11(6-7-13(12)17)27(24,25)20(4)5/h6-10H,1-5H3,(H2,18,19,21,23)/t10-/m1/s1. The van der Waals surface area contributed by atoms with E-state index in [1.54, 1.807) is 13.8 Å². The van der Waals surface area contributed by atoms with Gasteiger partial charge in [0.1, 0.15) is 5.82 Å².